The minimum Gasteiger partial charge on any atom is -0.491 e. The van der Waals surface area contributed by atoms with Gasteiger partial charge in [0.1, 0.15) is 98.9 Å². The van der Waals surface area contributed by atoms with Gasteiger partial charge in [-0.25, -0.2) is 0 Å². The third-order valence-corrected chi connectivity index (χ3v) is 31.8. The van der Waals surface area contributed by atoms with E-state index in [-0.39, 0.29) is 0 Å². The Morgan fingerprint density at radius 3 is 0.352 bits per heavy atom. The van der Waals surface area contributed by atoms with Crippen molar-refractivity contribution in [1.29, 1.82) is 0 Å². The predicted octanol–water partition coefficient (Wildman–Crippen LogP) is 22.0. The molecular formula is C104H136O16S8. The highest BCUT2D eigenvalue weighted by molar-refractivity contribution is 8.03. The average molecular weight is 1900 g/mol. The normalized spacial score (nSPS) is 15.2. The van der Waals surface area contributed by atoms with Gasteiger partial charge in [-0.05, 0) is 189 Å². The Morgan fingerprint density at radius 1 is 0.156 bits per heavy atom. The number of hydrogen-bond donors (Lipinski definition) is 0. The fraction of sp³-hybridized carbons (Fsp3) is 0.538. The minimum atomic E-state index is 0.385. The summed E-state index contributed by atoms with van der Waals surface area (Å²) in [7, 11) is 0. The van der Waals surface area contributed by atoms with Crippen molar-refractivity contribution in [2.75, 3.05) is 205 Å². The van der Waals surface area contributed by atoms with Gasteiger partial charge in [0.15, 0.2) is 0 Å². The van der Waals surface area contributed by atoms with E-state index in [1.54, 1.807) is 0 Å². The zero-order valence-electron chi connectivity index (χ0n) is 77.0. The van der Waals surface area contributed by atoms with Crippen molar-refractivity contribution >= 4 is 94.1 Å². The lowest BCUT2D eigenvalue weighted by atomic mass is 9.88. The third-order valence-electron chi connectivity index (χ3n) is 22.5. The number of fused-ring (bicyclic) bond motifs is 20. The number of ether oxygens (including phenoxy) is 16. The molecule has 0 aromatic heterocycles. The number of benzene rings is 8. The zero-order chi connectivity index (χ0) is 88.7. The smallest absolute Gasteiger partial charge is 0.126 e. The van der Waals surface area contributed by atoms with Gasteiger partial charge in [-0.2, -0.15) is 94.1 Å². The second kappa shape index (κ2) is 55.5. The molecule has 6 aliphatic rings. The molecule has 696 valence electrons. The first-order valence-electron chi connectivity index (χ1n) is 46.6. The highest BCUT2D eigenvalue weighted by Crippen LogP contribution is 2.47. The van der Waals surface area contributed by atoms with Crippen molar-refractivity contribution in [3.05, 3.63) is 231 Å². The van der Waals surface area contributed by atoms with E-state index in [2.05, 4.69) is 152 Å². The predicted molar refractivity (Wildman–Crippen MR) is 539 cm³/mol. The molecule has 16 nitrogen and oxygen atoms in total. The molecule has 2 aliphatic carbocycles. The van der Waals surface area contributed by atoms with Gasteiger partial charge in [0.2, 0.25) is 0 Å². The Kier molecular flexibility index (Phi) is 43.4. The van der Waals surface area contributed by atoms with Crippen molar-refractivity contribution in [2.24, 2.45) is 0 Å². The van der Waals surface area contributed by atoms with E-state index in [4.69, 9.17) is 75.8 Å². The van der Waals surface area contributed by atoms with Crippen LogP contribution >= 0.6 is 94.1 Å². The van der Waals surface area contributed by atoms with Crippen molar-refractivity contribution < 1.29 is 75.8 Å². The minimum absolute atomic E-state index is 0.385. The maximum absolute atomic E-state index is 7.36. The van der Waals surface area contributed by atoms with Crippen LogP contribution in [0, 0.1) is 0 Å². The Bertz CT molecular complexity index is 3710. The van der Waals surface area contributed by atoms with Gasteiger partial charge in [0, 0.05) is 196 Å². The van der Waals surface area contributed by atoms with Crippen molar-refractivity contribution in [1.82, 2.24) is 0 Å². The van der Waals surface area contributed by atoms with Crippen LogP contribution in [0.1, 0.15) is 189 Å². The molecule has 0 saturated carbocycles. The molecule has 0 unspecified atom stereocenters. The molecule has 8 aromatic carbocycles. The molecule has 0 atom stereocenters. The maximum Gasteiger partial charge on any atom is 0.126 e. The van der Waals surface area contributed by atoms with E-state index in [1.807, 2.05) is 94.1 Å². The molecule has 24 heteroatoms. The van der Waals surface area contributed by atoms with Gasteiger partial charge >= 0.3 is 0 Å². The molecule has 0 saturated heterocycles. The lowest BCUT2D eigenvalue weighted by molar-refractivity contribution is 0.108. The van der Waals surface area contributed by atoms with Gasteiger partial charge in [-0.15, -0.1) is 0 Å². The molecule has 24 bridgehead atoms. The molecule has 128 heavy (non-hydrogen) atoms. The van der Waals surface area contributed by atoms with Gasteiger partial charge in [-0.1, -0.05) is 97.1 Å². The third kappa shape index (κ3) is 30.3. The first-order valence-corrected chi connectivity index (χ1v) is 55.8. The zero-order valence-corrected chi connectivity index (χ0v) is 83.5. The highest BCUT2D eigenvalue weighted by atomic mass is 32.2. The van der Waals surface area contributed by atoms with Crippen LogP contribution in [-0.2, 0) is 135 Å². The van der Waals surface area contributed by atoms with E-state index in [1.165, 1.54) is 44.5 Å². The Hall–Kier alpha value is -5.36. The molecular weight excluding hydrogens is 1760 g/mol. The van der Waals surface area contributed by atoms with E-state index in [0.717, 1.165) is 227 Å². The summed E-state index contributed by atoms with van der Waals surface area (Å²) < 4.78 is 108. The van der Waals surface area contributed by atoms with Gasteiger partial charge in [0.25, 0.3) is 0 Å². The highest BCUT2D eigenvalue weighted by Gasteiger charge is 2.30. The Labute approximate surface area is 797 Å². The summed E-state index contributed by atoms with van der Waals surface area (Å²) in [6, 6.07) is 39.1. The Morgan fingerprint density at radius 2 is 0.258 bits per heavy atom. The van der Waals surface area contributed by atoms with Crippen molar-refractivity contribution in [2.45, 2.75) is 153 Å². The van der Waals surface area contributed by atoms with Crippen LogP contribution in [0.15, 0.2) is 97.1 Å². The van der Waals surface area contributed by atoms with E-state index in [9.17, 15) is 0 Å². The summed E-state index contributed by atoms with van der Waals surface area (Å²) in [5, 5.41) is 0. The van der Waals surface area contributed by atoms with Crippen LogP contribution < -0.4 is 37.9 Å². The van der Waals surface area contributed by atoms with Gasteiger partial charge in [-0.3, -0.25) is 0 Å². The molecule has 0 amide bonds. The number of rotatable bonds is 40. The fourth-order valence-corrected chi connectivity index (χ4v) is 25.4. The summed E-state index contributed by atoms with van der Waals surface area (Å²) in [6.07, 6.45) is 4.41. The second-order valence-corrected chi connectivity index (χ2v) is 41.0. The van der Waals surface area contributed by atoms with Gasteiger partial charge < -0.3 is 75.8 Å². The Balaban J connectivity index is 1.10. The summed E-state index contributed by atoms with van der Waals surface area (Å²) in [6.45, 7) is 27.9. The van der Waals surface area contributed by atoms with Crippen LogP contribution in [0.25, 0.3) is 0 Å². The molecule has 14 rings (SSSR count). The van der Waals surface area contributed by atoms with Crippen LogP contribution in [0.4, 0.5) is 0 Å². The van der Waals surface area contributed by atoms with Crippen LogP contribution in [-0.4, -0.2) is 205 Å². The quantitative estimate of drug-likeness (QED) is 0.0335. The van der Waals surface area contributed by atoms with Crippen molar-refractivity contribution in [3.8, 4) is 46.0 Å². The molecule has 4 aliphatic heterocycles. The second-order valence-electron chi connectivity index (χ2n) is 32.1. The van der Waals surface area contributed by atoms with Crippen LogP contribution in [0.3, 0.4) is 0 Å². The summed E-state index contributed by atoms with van der Waals surface area (Å²) in [5.41, 5.74) is 27.8. The fourth-order valence-electron chi connectivity index (χ4n) is 17.3. The number of hydrogen-bond acceptors (Lipinski definition) is 24. The average Bonchev–Trinajstić information content (AvgIpc) is 0.773. The largest absolute Gasteiger partial charge is 0.491 e. The maximum atomic E-state index is 7.36. The molecule has 0 N–H and O–H groups in total. The van der Waals surface area contributed by atoms with E-state index in [0.29, 0.717) is 210 Å². The molecule has 8 aromatic rings. The monoisotopic (exact) mass is 1900 g/mol. The van der Waals surface area contributed by atoms with Crippen molar-refractivity contribution in [3.63, 3.8) is 0 Å². The SMILES string of the molecule is CCOCCOc1c2cc3cc1Cc1cc4cc(c1OCCOCC)Cc1cc5cc(c1OCCOCC)Cc1cc(cc(c1OCCOCC)C2)CSCCSCc1cc2c(OCCOCC)c(c1)Cc1cc(cc(c1OCCOCC)Cc1cc(cc(c1OCCOCC)Cc1cc(cc(c1OCCOCC)C2)CSCCSC3)CSCCSC4)CSCCSC5. The van der Waals surface area contributed by atoms with E-state index < -0.39 is 0 Å². The standard InChI is InChI=1S/C104H136O16S8/c1-9-105-17-25-113-97-81-41-73-42-82(97)58-84-44-75-46-86(99(84)115-27-19-107-11-3)60-88-48-76-47-87(100(88)116-28-20-108-12-4)59-85-45-74(43-83(57-81)98(85)114-26-18-106-10-2)66-122-35-37-125-70-78-51-91-61-89-49-77(68-124-34-33-121-65-73)50-90(101(89)117-29-21-109-13-5)62-92-52-79(71-126-38-36-123-67-75)54-94(103(92)119-31-23-111-15-7)64-96-56-80(72-128-40-39-127-69-76)55-95(104(96)120-32-24-112-16-8)63-93(53-78)102(91)118-30-22-110-14-6/h41-56H,9-40,57-72H2,1-8H3. The lowest BCUT2D eigenvalue weighted by Gasteiger charge is -2.25. The summed E-state index contributed by atoms with van der Waals surface area (Å²) in [5.74, 6) is 20.8. The molecule has 0 fully saturated rings. The molecule has 4 heterocycles. The van der Waals surface area contributed by atoms with Crippen LogP contribution in [0.5, 0.6) is 46.0 Å². The summed E-state index contributed by atoms with van der Waals surface area (Å²) in [4.78, 5) is 0. The van der Waals surface area contributed by atoms with Gasteiger partial charge in [0.05, 0.1) is 52.9 Å². The topological polar surface area (TPSA) is 148 Å². The molecule has 0 radical (unpaired) electrons. The van der Waals surface area contributed by atoms with E-state index >= 15 is 0 Å². The lowest BCUT2D eigenvalue weighted by Crippen LogP contribution is -2.15. The molecule has 0 spiro atoms. The van der Waals surface area contributed by atoms with Crippen LogP contribution in [0.2, 0.25) is 0 Å². The summed E-state index contributed by atoms with van der Waals surface area (Å²) >= 11 is 16.0. The number of thioether (sulfide) groups is 8. The first kappa shape index (κ1) is 100. The first-order chi connectivity index (χ1) is 63.1.